The summed E-state index contributed by atoms with van der Waals surface area (Å²) in [6.45, 7) is 5.11. The first-order chi connectivity index (χ1) is 8.38. The van der Waals surface area contributed by atoms with Crippen LogP contribution in [-0.4, -0.2) is 15.0 Å². The van der Waals surface area contributed by atoms with Crippen molar-refractivity contribution in [3.05, 3.63) is 18.2 Å². The first kappa shape index (κ1) is 14.8. The molecule has 0 radical (unpaired) electrons. The maximum atomic E-state index is 11.2. The van der Waals surface area contributed by atoms with E-state index in [1.807, 2.05) is 0 Å². The van der Waals surface area contributed by atoms with Gasteiger partial charge >= 0.3 is 0 Å². The van der Waals surface area contributed by atoms with Crippen molar-refractivity contribution in [2.75, 3.05) is 17.6 Å². The first-order valence-electron chi connectivity index (χ1n) is 6.04. The van der Waals surface area contributed by atoms with E-state index in [-0.39, 0.29) is 4.90 Å². The van der Waals surface area contributed by atoms with Crippen LogP contribution in [0.1, 0.15) is 26.7 Å². The molecule has 0 bridgehead atoms. The Hall–Kier alpha value is -1.27. The lowest BCUT2D eigenvalue weighted by atomic mass is 10.0. The smallest absolute Gasteiger partial charge is 0.238 e. The number of anilines is 2. The molecule has 1 rings (SSSR count). The molecule has 0 heterocycles. The summed E-state index contributed by atoms with van der Waals surface area (Å²) in [6, 6.07) is 4.49. The quantitative estimate of drug-likeness (QED) is 0.687. The van der Waals surface area contributed by atoms with Crippen LogP contribution in [0.5, 0.6) is 0 Å². The van der Waals surface area contributed by atoms with Crippen LogP contribution in [0.25, 0.3) is 0 Å². The Kier molecular flexibility index (Phi) is 4.98. The zero-order valence-corrected chi connectivity index (χ0v) is 11.6. The van der Waals surface area contributed by atoms with Crippen molar-refractivity contribution in [3.63, 3.8) is 0 Å². The van der Waals surface area contributed by atoms with Gasteiger partial charge in [-0.15, -0.1) is 0 Å². The first-order valence-corrected chi connectivity index (χ1v) is 7.59. The van der Waals surface area contributed by atoms with Gasteiger partial charge in [0.25, 0.3) is 0 Å². The van der Waals surface area contributed by atoms with E-state index in [4.69, 9.17) is 10.9 Å². The molecule has 0 amide bonds. The molecule has 18 heavy (non-hydrogen) atoms. The molecule has 0 aromatic heterocycles. The molecule has 0 spiro atoms. The third kappa shape index (κ3) is 3.89. The van der Waals surface area contributed by atoms with Gasteiger partial charge in [-0.2, -0.15) is 0 Å². The Labute approximate surface area is 109 Å². The minimum Gasteiger partial charge on any atom is -0.397 e. The summed E-state index contributed by atoms with van der Waals surface area (Å²) in [7, 11) is -3.69. The molecule has 0 saturated carbocycles. The number of benzene rings is 1. The summed E-state index contributed by atoms with van der Waals surface area (Å²) in [4.78, 5) is 0.0353. The molecule has 5 nitrogen and oxygen atoms in total. The van der Waals surface area contributed by atoms with Crippen LogP contribution in [0, 0.1) is 5.92 Å². The third-order valence-corrected chi connectivity index (χ3v) is 4.00. The number of nitrogens with one attached hydrogen (secondary N) is 1. The standard InChI is InChI=1S/C12H21N3O2S/c1-3-9(4-2)8-15-12-6-5-10(7-11(12)13)18(14,16)17/h5-7,9,15H,3-4,8,13H2,1-2H3,(H2,14,16,17). The van der Waals surface area contributed by atoms with Crippen molar-refractivity contribution < 1.29 is 8.42 Å². The fourth-order valence-corrected chi connectivity index (χ4v) is 2.26. The molecule has 102 valence electrons. The predicted octanol–water partition coefficient (Wildman–Crippen LogP) is 1.76. The van der Waals surface area contributed by atoms with Crippen LogP contribution in [-0.2, 0) is 10.0 Å². The zero-order valence-electron chi connectivity index (χ0n) is 10.8. The third-order valence-electron chi connectivity index (χ3n) is 3.09. The SMILES string of the molecule is CCC(CC)CNc1ccc(S(N)(=O)=O)cc1N. The molecule has 0 aliphatic carbocycles. The van der Waals surface area contributed by atoms with Gasteiger partial charge in [-0.25, -0.2) is 13.6 Å². The van der Waals surface area contributed by atoms with Gasteiger partial charge in [-0.05, 0) is 24.1 Å². The molecule has 0 aliphatic heterocycles. The van der Waals surface area contributed by atoms with Gasteiger partial charge in [0.15, 0.2) is 0 Å². The van der Waals surface area contributed by atoms with Crippen molar-refractivity contribution in [2.45, 2.75) is 31.6 Å². The van der Waals surface area contributed by atoms with Crippen LogP contribution in [0.2, 0.25) is 0 Å². The van der Waals surface area contributed by atoms with E-state index in [2.05, 4.69) is 19.2 Å². The number of hydrogen-bond acceptors (Lipinski definition) is 4. The van der Waals surface area contributed by atoms with Crippen LogP contribution < -0.4 is 16.2 Å². The molecule has 1 aromatic carbocycles. The van der Waals surface area contributed by atoms with Crippen LogP contribution in [0.4, 0.5) is 11.4 Å². The van der Waals surface area contributed by atoms with Crippen molar-refractivity contribution in [2.24, 2.45) is 11.1 Å². The summed E-state index contributed by atoms with van der Waals surface area (Å²) in [5.41, 5.74) is 6.95. The molecule has 1 aromatic rings. The lowest BCUT2D eigenvalue weighted by molar-refractivity contribution is 0.519. The molecule has 0 fully saturated rings. The molecule has 5 N–H and O–H groups in total. The summed E-state index contributed by atoms with van der Waals surface area (Å²) in [5.74, 6) is 0.585. The second kappa shape index (κ2) is 6.06. The maximum Gasteiger partial charge on any atom is 0.238 e. The summed E-state index contributed by atoms with van der Waals surface area (Å²) >= 11 is 0. The van der Waals surface area contributed by atoms with Crippen LogP contribution >= 0.6 is 0 Å². The number of hydrogen-bond donors (Lipinski definition) is 3. The molecule has 0 saturated heterocycles. The van der Waals surface area contributed by atoms with E-state index in [1.54, 1.807) is 6.07 Å². The number of sulfonamides is 1. The highest BCUT2D eigenvalue weighted by atomic mass is 32.2. The molecule has 0 unspecified atom stereocenters. The minimum atomic E-state index is -3.69. The van der Waals surface area contributed by atoms with Gasteiger partial charge in [0.1, 0.15) is 0 Å². The minimum absolute atomic E-state index is 0.0353. The van der Waals surface area contributed by atoms with Gasteiger partial charge in [-0.1, -0.05) is 26.7 Å². The van der Waals surface area contributed by atoms with E-state index < -0.39 is 10.0 Å². The van der Waals surface area contributed by atoms with Gasteiger partial charge in [0, 0.05) is 6.54 Å². The van der Waals surface area contributed by atoms with E-state index >= 15 is 0 Å². The number of nitrogen functional groups attached to an aromatic ring is 1. The lowest BCUT2D eigenvalue weighted by Crippen LogP contribution is -2.15. The fourth-order valence-electron chi connectivity index (χ4n) is 1.71. The Morgan fingerprint density at radius 3 is 2.33 bits per heavy atom. The van der Waals surface area contributed by atoms with Crippen molar-refractivity contribution in [1.82, 2.24) is 0 Å². The van der Waals surface area contributed by atoms with E-state index in [0.717, 1.165) is 25.1 Å². The largest absolute Gasteiger partial charge is 0.397 e. The van der Waals surface area contributed by atoms with Gasteiger partial charge in [0.2, 0.25) is 10.0 Å². The van der Waals surface area contributed by atoms with Crippen LogP contribution in [0.15, 0.2) is 23.1 Å². The van der Waals surface area contributed by atoms with E-state index in [9.17, 15) is 8.42 Å². The second-order valence-corrected chi connectivity index (χ2v) is 5.92. The monoisotopic (exact) mass is 271 g/mol. The number of primary sulfonamides is 1. The molecular formula is C12H21N3O2S. The summed E-state index contributed by atoms with van der Waals surface area (Å²) in [6.07, 6.45) is 2.19. The average Bonchev–Trinajstić information content (AvgIpc) is 2.30. The van der Waals surface area contributed by atoms with E-state index in [0.29, 0.717) is 11.6 Å². The maximum absolute atomic E-state index is 11.2. The van der Waals surface area contributed by atoms with Crippen molar-refractivity contribution >= 4 is 21.4 Å². The Bertz CT molecular complexity index is 496. The fraction of sp³-hybridized carbons (Fsp3) is 0.500. The Morgan fingerprint density at radius 1 is 1.28 bits per heavy atom. The lowest BCUT2D eigenvalue weighted by Gasteiger charge is -2.16. The molecule has 6 heteroatoms. The predicted molar refractivity (Wildman–Crippen MR) is 74.8 cm³/mol. The summed E-state index contributed by atoms with van der Waals surface area (Å²) in [5, 5.41) is 8.27. The number of nitrogens with two attached hydrogens (primary N) is 2. The molecule has 0 aliphatic rings. The number of rotatable bonds is 6. The Balaban J connectivity index is 2.81. The van der Waals surface area contributed by atoms with Crippen molar-refractivity contribution in [3.8, 4) is 0 Å². The Morgan fingerprint density at radius 2 is 1.89 bits per heavy atom. The van der Waals surface area contributed by atoms with Gasteiger partial charge < -0.3 is 11.1 Å². The topological polar surface area (TPSA) is 98.2 Å². The zero-order chi connectivity index (χ0) is 13.8. The normalized spacial score (nSPS) is 11.8. The van der Waals surface area contributed by atoms with Crippen LogP contribution in [0.3, 0.4) is 0 Å². The molecule has 0 atom stereocenters. The summed E-state index contributed by atoms with van der Waals surface area (Å²) < 4.78 is 22.3. The highest BCUT2D eigenvalue weighted by Gasteiger charge is 2.10. The van der Waals surface area contributed by atoms with Gasteiger partial charge in [-0.3, -0.25) is 0 Å². The molecular weight excluding hydrogens is 250 g/mol. The van der Waals surface area contributed by atoms with E-state index in [1.165, 1.54) is 12.1 Å². The van der Waals surface area contributed by atoms with Crippen molar-refractivity contribution in [1.29, 1.82) is 0 Å². The average molecular weight is 271 g/mol. The van der Waals surface area contributed by atoms with Gasteiger partial charge in [0.05, 0.1) is 16.3 Å². The second-order valence-electron chi connectivity index (χ2n) is 4.36. The highest BCUT2D eigenvalue weighted by Crippen LogP contribution is 2.22. The highest BCUT2D eigenvalue weighted by molar-refractivity contribution is 7.89.